The topological polar surface area (TPSA) is 69.7 Å². The summed E-state index contributed by atoms with van der Waals surface area (Å²) in [5, 5.41) is 0.481. The number of nitrogens with zero attached hydrogens (tertiary/aromatic N) is 2. The second kappa shape index (κ2) is 6.55. The van der Waals surface area contributed by atoms with Crippen LogP contribution >= 0.6 is 11.8 Å². The van der Waals surface area contributed by atoms with Crippen LogP contribution in [0.4, 0.5) is 4.39 Å². The number of thioether (sulfide) groups is 1. The maximum Gasteiger partial charge on any atom is 0.212 e. The van der Waals surface area contributed by atoms with Gasteiger partial charge in [-0.3, -0.25) is 4.99 Å². The molecular weight excluding hydrogens is 353 g/mol. The second-order valence-corrected chi connectivity index (χ2v) is 7.93. The van der Waals surface area contributed by atoms with Crippen LogP contribution < -0.4 is 10.5 Å². The highest BCUT2D eigenvalue weighted by atomic mass is 32.2. The minimum atomic E-state index is -0.550. The molecule has 3 heterocycles. The molecule has 0 bridgehead atoms. The van der Waals surface area contributed by atoms with E-state index in [2.05, 4.69) is 9.98 Å². The van der Waals surface area contributed by atoms with Crippen molar-refractivity contribution in [2.75, 3.05) is 20.3 Å². The molecular formula is C19H20FN3O2S. The molecule has 7 heteroatoms. The number of hydrogen-bond acceptors (Lipinski definition) is 6. The third-order valence-corrected chi connectivity index (χ3v) is 6.50. The number of hydrogen-bond donors (Lipinski definition) is 1. The van der Waals surface area contributed by atoms with Crippen LogP contribution in [-0.2, 0) is 9.48 Å². The molecule has 0 amide bonds. The summed E-state index contributed by atoms with van der Waals surface area (Å²) in [4.78, 5) is 8.60. The van der Waals surface area contributed by atoms with Gasteiger partial charge >= 0.3 is 0 Å². The number of pyridine rings is 1. The number of nitrogens with two attached hydrogens (primary N) is 1. The molecule has 1 aromatic carbocycles. The number of aromatic nitrogens is 1. The highest BCUT2D eigenvalue weighted by Crippen LogP contribution is 2.53. The maximum absolute atomic E-state index is 14.9. The molecule has 5 nitrogen and oxygen atoms in total. The van der Waals surface area contributed by atoms with E-state index >= 15 is 0 Å². The number of benzene rings is 1. The van der Waals surface area contributed by atoms with Gasteiger partial charge in [0.25, 0.3) is 0 Å². The molecule has 0 unspecified atom stereocenters. The number of rotatable bonds is 3. The Balaban J connectivity index is 1.79. The zero-order valence-corrected chi connectivity index (χ0v) is 15.4. The first-order valence-corrected chi connectivity index (χ1v) is 9.26. The fourth-order valence-corrected chi connectivity index (χ4v) is 5.02. The second-order valence-electron chi connectivity index (χ2n) is 6.58. The fourth-order valence-electron chi connectivity index (χ4n) is 3.70. The number of aliphatic imine (C=N–C) groups is 1. The summed E-state index contributed by atoms with van der Waals surface area (Å²) in [6.07, 6.45) is 1.73. The van der Waals surface area contributed by atoms with Crippen LogP contribution in [0.1, 0.15) is 12.5 Å². The van der Waals surface area contributed by atoms with Crippen molar-refractivity contribution in [1.82, 2.24) is 4.98 Å². The van der Waals surface area contributed by atoms with Crippen molar-refractivity contribution >= 4 is 16.9 Å². The SMILES string of the molecule is COc1ccc(-c2ccc(F)c([C@]34CO[C@H](C)[C@@H]3CN=C(N)S4)c2)cn1. The van der Waals surface area contributed by atoms with Gasteiger partial charge in [0.05, 0.1) is 24.6 Å². The van der Waals surface area contributed by atoms with Crippen molar-refractivity contribution in [3.8, 4) is 17.0 Å². The van der Waals surface area contributed by atoms with Gasteiger partial charge in [-0.15, -0.1) is 0 Å². The van der Waals surface area contributed by atoms with Crippen molar-refractivity contribution in [2.24, 2.45) is 16.6 Å². The Labute approximate surface area is 155 Å². The predicted molar refractivity (Wildman–Crippen MR) is 101 cm³/mol. The number of amidine groups is 1. The van der Waals surface area contributed by atoms with E-state index in [1.54, 1.807) is 25.4 Å². The average Bonchev–Trinajstić information content (AvgIpc) is 2.99. The Morgan fingerprint density at radius 1 is 1.31 bits per heavy atom. The van der Waals surface area contributed by atoms with Crippen LogP contribution in [0.2, 0.25) is 0 Å². The van der Waals surface area contributed by atoms with Crippen LogP contribution in [-0.4, -0.2) is 36.5 Å². The van der Waals surface area contributed by atoms with Gasteiger partial charge < -0.3 is 15.2 Å². The first kappa shape index (κ1) is 17.3. The monoisotopic (exact) mass is 373 g/mol. The van der Waals surface area contributed by atoms with Crippen LogP contribution in [0.25, 0.3) is 11.1 Å². The molecule has 4 rings (SSSR count). The maximum atomic E-state index is 14.9. The molecule has 3 atom stereocenters. The summed E-state index contributed by atoms with van der Waals surface area (Å²) in [7, 11) is 1.57. The molecule has 136 valence electrons. The Morgan fingerprint density at radius 3 is 2.85 bits per heavy atom. The lowest BCUT2D eigenvalue weighted by molar-refractivity contribution is 0.107. The molecule has 1 fully saturated rings. The summed E-state index contributed by atoms with van der Waals surface area (Å²) < 4.78 is 25.3. The van der Waals surface area contributed by atoms with Gasteiger partial charge in [0.1, 0.15) is 5.82 Å². The largest absolute Gasteiger partial charge is 0.481 e. The minimum absolute atomic E-state index is 0.00468. The molecule has 1 saturated heterocycles. The molecule has 2 aliphatic rings. The molecule has 26 heavy (non-hydrogen) atoms. The van der Waals surface area contributed by atoms with E-state index in [9.17, 15) is 4.39 Å². The highest BCUT2D eigenvalue weighted by molar-refractivity contribution is 8.14. The van der Waals surface area contributed by atoms with Gasteiger partial charge in [0.15, 0.2) is 5.17 Å². The third-order valence-electron chi connectivity index (χ3n) is 5.16. The number of methoxy groups -OCH3 is 1. The van der Waals surface area contributed by atoms with Crippen LogP contribution in [0.5, 0.6) is 5.88 Å². The summed E-state index contributed by atoms with van der Waals surface area (Å²) in [5.74, 6) is 0.373. The van der Waals surface area contributed by atoms with Crippen molar-refractivity contribution < 1.29 is 13.9 Å². The van der Waals surface area contributed by atoms with Gasteiger partial charge in [-0.2, -0.15) is 0 Å². The summed E-state index contributed by atoms with van der Waals surface area (Å²) >= 11 is 1.41. The van der Waals surface area contributed by atoms with Crippen LogP contribution in [0, 0.1) is 11.7 Å². The Kier molecular flexibility index (Phi) is 4.36. The molecule has 0 saturated carbocycles. The van der Waals surface area contributed by atoms with E-state index in [-0.39, 0.29) is 17.8 Å². The zero-order chi connectivity index (χ0) is 18.3. The van der Waals surface area contributed by atoms with Crippen molar-refractivity contribution in [3.63, 3.8) is 0 Å². The first-order valence-electron chi connectivity index (χ1n) is 8.44. The minimum Gasteiger partial charge on any atom is -0.481 e. The van der Waals surface area contributed by atoms with Gasteiger partial charge in [0, 0.05) is 35.9 Å². The molecule has 2 N–H and O–H groups in total. The van der Waals surface area contributed by atoms with Crippen LogP contribution in [0.15, 0.2) is 41.5 Å². The average molecular weight is 373 g/mol. The normalized spacial score (nSPS) is 27.7. The van der Waals surface area contributed by atoms with Gasteiger partial charge in [-0.1, -0.05) is 17.8 Å². The summed E-state index contributed by atoms with van der Waals surface area (Å²) in [6.45, 7) is 2.98. The standard InChI is InChI=1S/C19H20FN3O2S/c1-11-15-9-23-18(21)26-19(15,10-25-11)14-7-12(3-5-16(14)20)13-4-6-17(24-2)22-8-13/h3-8,11,15H,9-10H2,1-2H3,(H2,21,23)/t11-,15+,19-/m1/s1. The first-order chi connectivity index (χ1) is 12.5. The van der Waals surface area contributed by atoms with E-state index in [0.717, 1.165) is 11.1 Å². The molecule has 2 aliphatic heterocycles. The van der Waals surface area contributed by atoms with Crippen LogP contribution in [0.3, 0.4) is 0 Å². The molecule has 0 radical (unpaired) electrons. The van der Waals surface area contributed by atoms with E-state index in [1.807, 2.05) is 19.1 Å². The van der Waals surface area contributed by atoms with Gasteiger partial charge in [-0.05, 0) is 30.7 Å². The van der Waals surface area contributed by atoms with Gasteiger partial charge in [-0.25, -0.2) is 9.37 Å². The fraction of sp³-hybridized carbons (Fsp3) is 0.368. The van der Waals surface area contributed by atoms with Crippen molar-refractivity contribution in [1.29, 1.82) is 0 Å². The van der Waals surface area contributed by atoms with Crippen molar-refractivity contribution in [3.05, 3.63) is 47.9 Å². The van der Waals surface area contributed by atoms with E-state index in [4.69, 9.17) is 15.2 Å². The Bertz CT molecular complexity index is 858. The molecule has 0 spiro atoms. The van der Waals surface area contributed by atoms with E-state index < -0.39 is 4.75 Å². The molecule has 1 aromatic heterocycles. The van der Waals surface area contributed by atoms with E-state index in [1.165, 1.54) is 17.8 Å². The Morgan fingerprint density at radius 2 is 2.12 bits per heavy atom. The van der Waals surface area contributed by atoms with E-state index in [0.29, 0.717) is 29.8 Å². The summed E-state index contributed by atoms with van der Waals surface area (Å²) in [6, 6.07) is 8.86. The van der Waals surface area contributed by atoms with Crippen molar-refractivity contribution in [2.45, 2.75) is 17.8 Å². The lowest BCUT2D eigenvalue weighted by atomic mass is 9.83. The summed E-state index contributed by atoms with van der Waals surface area (Å²) in [5.41, 5.74) is 8.41. The zero-order valence-electron chi connectivity index (χ0n) is 14.6. The predicted octanol–water partition coefficient (Wildman–Crippen LogP) is 3.19. The smallest absolute Gasteiger partial charge is 0.212 e. The molecule has 0 aliphatic carbocycles. The lowest BCUT2D eigenvalue weighted by Crippen LogP contribution is -2.41. The Hall–Kier alpha value is -2.12. The number of fused-ring (bicyclic) bond motifs is 1. The lowest BCUT2D eigenvalue weighted by Gasteiger charge is -2.37. The van der Waals surface area contributed by atoms with Gasteiger partial charge in [0.2, 0.25) is 5.88 Å². The third kappa shape index (κ3) is 2.75. The molecule has 2 aromatic rings. The number of halogens is 1. The highest BCUT2D eigenvalue weighted by Gasteiger charge is 2.53. The quantitative estimate of drug-likeness (QED) is 0.895. The number of ether oxygens (including phenoxy) is 2.